The predicted molar refractivity (Wildman–Crippen MR) is 70.9 cm³/mol. The van der Waals surface area contributed by atoms with Gasteiger partial charge in [0, 0.05) is 30.6 Å². The Kier molecular flexibility index (Phi) is 4.06. The van der Waals surface area contributed by atoms with Crippen LogP contribution < -0.4 is 11.1 Å². The second-order valence-corrected chi connectivity index (χ2v) is 4.83. The van der Waals surface area contributed by atoms with Gasteiger partial charge in [-0.15, -0.1) is 11.3 Å². The van der Waals surface area contributed by atoms with Crippen molar-refractivity contribution in [2.45, 2.75) is 19.9 Å². The summed E-state index contributed by atoms with van der Waals surface area (Å²) in [6, 6.07) is 3.81. The highest BCUT2D eigenvalue weighted by Gasteiger charge is 1.98. The maximum Gasteiger partial charge on any atom is 0.0940 e. The minimum absolute atomic E-state index is 0.701. The molecular formula is C12H16N4S. The van der Waals surface area contributed by atoms with Crippen molar-refractivity contribution in [1.29, 1.82) is 0 Å². The first-order valence-electron chi connectivity index (χ1n) is 5.56. The van der Waals surface area contributed by atoms with Gasteiger partial charge in [-0.25, -0.2) is 4.98 Å². The highest BCUT2D eigenvalue weighted by Crippen LogP contribution is 2.08. The molecule has 0 bridgehead atoms. The molecule has 17 heavy (non-hydrogen) atoms. The van der Waals surface area contributed by atoms with Crippen LogP contribution in [-0.4, -0.2) is 16.5 Å². The van der Waals surface area contributed by atoms with E-state index in [9.17, 15) is 0 Å². The summed E-state index contributed by atoms with van der Waals surface area (Å²) in [6.45, 7) is 3.70. The highest BCUT2D eigenvalue weighted by molar-refractivity contribution is 7.09. The molecule has 0 aromatic carbocycles. The molecule has 0 radical (unpaired) electrons. The molecule has 0 atom stereocenters. The fourth-order valence-corrected chi connectivity index (χ4v) is 2.25. The van der Waals surface area contributed by atoms with Crippen LogP contribution in [0.3, 0.4) is 0 Å². The van der Waals surface area contributed by atoms with E-state index >= 15 is 0 Å². The van der Waals surface area contributed by atoms with Crippen molar-refractivity contribution < 1.29 is 0 Å². The molecule has 4 nitrogen and oxygen atoms in total. The third-order valence-electron chi connectivity index (χ3n) is 2.34. The molecule has 0 aliphatic heterocycles. The quantitative estimate of drug-likeness (QED) is 0.791. The minimum Gasteiger partial charge on any atom is -0.397 e. The SMILES string of the molecule is Cc1csc(CCNCc2ccc(N)cn2)n1. The highest BCUT2D eigenvalue weighted by atomic mass is 32.1. The van der Waals surface area contributed by atoms with E-state index in [1.807, 2.05) is 19.1 Å². The summed E-state index contributed by atoms with van der Waals surface area (Å²) in [5, 5.41) is 6.60. The van der Waals surface area contributed by atoms with Crippen LogP contribution >= 0.6 is 11.3 Å². The zero-order chi connectivity index (χ0) is 12.1. The van der Waals surface area contributed by atoms with Crippen LogP contribution in [0.15, 0.2) is 23.7 Å². The summed E-state index contributed by atoms with van der Waals surface area (Å²) in [7, 11) is 0. The Morgan fingerprint density at radius 1 is 1.41 bits per heavy atom. The Labute approximate surface area is 105 Å². The number of nitrogen functional groups attached to an aromatic ring is 1. The van der Waals surface area contributed by atoms with Gasteiger partial charge in [0.25, 0.3) is 0 Å². The minimum atomic E-state index is 0.701. The van der Waals surface area contributed by atoms with Crippen LogP contribution in [0, 0.1) is 6.92 Å². The predicted octanol–water partition coefficient (Wildman–Crippen LogP) is 1.76. The van der Waals surface area contributed by atoms with Gasteiger partial charge < -0.3 is 11.1 Å². The second-order valence-electron chi connectivity index (χ2n) is 3.89. The van der Waals surface area contributed by atoms with Crippen molar-refractivity contribution in [3.05, 3.63) is 40.1 Å². The van der Waals surface area contributed by atoms with Crippen LogP contribution in [0.2, 0.25) is 0 Å². The van der Waals surface area contributed by atoms with E-state index in [1.165, 1.54) is 5.01 Å². The van der Waals surface area contributed by atoms with E-state index in [0.717, 1.165) is 30.9 Å². The van der Waals surface area contributed by atoms with Crippen molar-refractivity contribution in [2.24, 2.45) is 0 Å². The van der Waals surface area contributed by atoms with Crippen LogP contribution in [0.1, 0.15) is 16.4 Å². The molecule has 0 saturated carbocycles. The molecule has 0 fully saturated rings. The van der Waals surface area contributed by atoms with E-state index < -0.39 is 0 Å². The number of anilines is 1. The number of pyridine rings is 1. The molecule has 0 aliphatic carbocycles. The van der Waals surface area contributed by atoms with E-state index in [-0.39, 0.29) is 0 Å². The van der Waals surface area contributed by atoms with Gasteiger partial charge in [0.15, 0.2) is 0 Å². The maximum absolute atomic E-state index is 5.57. The molecule has 0 amide bonds. The number of rotatable bonds is 5. The number of aryl methyl sites for hydroxylation is 1. The third-order valence-corrected chi connectivity index (χ3v) is 3.36. The Morgan fingerprint density at radius 2 is 2.29 bits per heavy atom. The fraction of sp³-hybridized carbons (Fsp3) is 0.333. The molecule has 3 N–H and O–H groups in total. The number of thiazole rings is 1. The lowest BCUT2D eigenvalue weighted by Crippen LogP contribution is -2.17. The van der Waals surface area contributed by atoms with E-state index in [0.29, 0.717) is 5.69 Å². The zero-order valence-corrected chi connectivity index (χ0v) is 10.6. The maximum atomic E-state index is 5.57. The number of aromatic nitrogens is 2. The summed E-state index contributed by atoms with van der Waals surface area (Å²) < 4.78 is 0. The molecule has 0 saturated heterocycles. The molecule has 2 aromatic heterocycles. The first kappa shape index (κ1) is 12.0. The first-order chi connectivity index (χ1) is 8.24. The second kappa shape index (κ2) is 5.75. The molecule has 2 aromatic rings. The molecular weight excluding hydrogens is 232 g/mol. The van der Waals surface area contributed by atoms with Crippen molar-refractivity contribution in [3.63, 3.8) is 0 Å². The van der Waals surface area contributed by atoms with Gasteiger partial charge in [0.05, 0.1) is 22.6 Å². The van der Waals surface area contributed by atoms with Gasteiger partial charge in [0.1, 0.15) is 0 Å². The molecule has 0 unspecified atom stereocenters. The summed E-state index contributed by atoms with van der Waals surface area (Å²) >= 11 is 1.71. The van der Waals surface area contributed by atoms with Gasteiger partial charge in [-0.1, -0.05) is 0 Å². The fourth-order valence-electron chi connectivity index (χ4n) is 1.47. The number of nitrogens with two attached hydrogens (primary N) is 1. The summed E-state index contributed by atoms with van der Waals surface area (Å²) in [6.07, 6.45) is 2.65. The smallest absolute Gasteiger partial charge is 0.0940 e. The lowest BCUT2D eigenvalue weighted by molar-refractivity contribution is 0.673. The normalized spacial score (nSPS) is 10.6. The van der Waals surface area contributed by atoms with E-state index in [1.54, 1.807) is 17.5 Å². The van der Waals surface area contributed by atoms with Gasteiger partial charge in [0.2, 0.25) is 0 Å². The largest absolute Gasteiger partial charge is 0.397 e. The van der Waals surface area contributed by atoms with Crippen molar-refractivity contribution >= 4 is 17.0 Å². The third kappa shape index (κ3) is 3.80. The summed E-state index contributed by atoms with van der Waals surface area (Å²) in [5.41, 5.74) is 8.38. The van der Waals surface area contributed by atoms with E-state index in [2.05, 4.69) is 20.7 Å². The molecule has 2 rings (SSSR count). The lowest BCUT2D eigenvalue weighted by atomic mass is 10.3. The van der Waals surface area contributed by atoms with Crippen LogP contribution in [0.25, 0.3) is 0 Å². The Bertz CT molecular complexity index is 464. The average Bonchev–Trinajstić information content (AvgIpc) is 2.73. The van der Waals surface area contributed by atoms with Crippen LogP contribution in [-0.2, 0) is 13.0 Å². The molecule has 0 aliphatic rings. The monoisotopic (exact) mass is 248 g/mol. The number of hydrogen-bond donors (Lipinski definition) is 2. The van der Waals surface area contributed by atoms with E-state index in [4.69, 9.17) is 5.73 Å². The van der Waals surface area contributed by atoms with Gasteiger partial charge in [-0.05, 0) is 19.1 Å². The Hall–Kier alpha value is -1.46. The molecule has 0 spiro atoms. The van der Waals surface area contributed by atoms with Gasteiger partial charge in [-0.2, -0.15) is 0 Å². The van der Waals surface area contributed by atoms with Crippen molar-refractivity contribution in [3.8, 4) is 0 Å². The van der Waals surface area contributed by atoms with Crippen molar-refractivity contribution in [1.82, 2.24) is 15.3 Å². The van der Waals surface area contributed by atoms with Crippen molar-refractivity contribution in [2.75, 3.05) is 12.3 Å². The van der Waals surface area contributed by atoms with Crippen LogP contribution in [0.5, 0.6) is 0 Å². The topological polar surface area (TPSA) is 63.8 Å². The molecule has 2 heterocycles. The zero-order valence-electron chi connectivity index (χ0n) is 9.81. The van der Waals surface area contributed by atoms with Gasteiger partial charge >= 0.3 is 0 Å². The number of nitrogens with zero attached hydrogens (tertiary/aromatic N) is 2. The lowest BCUT2D eigenvalue weighted by Gasteiger charge is -2.03. The number of hydrogen-bond acceptors (Lipinski definition) is 5. The summed E-state index contributed by atoms with van der Waals surface area (Å²) in [5.74, 6) is 0. The standard InChI is InChI=1S/C12H16N4S/c1-9-8-17-12(16-9)4-5-14-7-11-3-2-10(13)6-15-11/h2-3,6,8,14H,4-5,7,13H2,1H3. The molecule has 90 valence electrons. The first-order valence-corrected chi connectivity index (χ1v) is 6.44. The molecule has 5 heteroatoms. The summed E-state index contributed by atoms with van der Waals surface area (Å²) in [4.78, 5) is 8.64. The van der Waals surface area contributed by atoms with Crippen LogP contribution in [0.4, 0.5) is 5.69 Å². The Morgan fingerprint density at radius 3 is 2.94 bits per heavy atom. The number of nitrogens with one attached hydrogen (secondary N) is 1. The van der Waals surface area contributed by atoms with Gasteiger partial charge in [-0.3, -0.25) is 4.98 Å². The average molecular weight is 248 g/mol. The Balaban J connectivity index is 1.71.